The van der Waals surface area contributed by atoms with E-state index in [-0.39, 0.29) is 12.5 Å². The number of ether oxygens (including phenoxy) is 1. The molecule has 0 rings (SSSR count). The average Bonchev–Trinajstić information content (AvgIpc) is 1.99. The maximum absolute atomic E-state index is 10.7. The van der Waals surface area contributed by atoms with E-state index in [2.05, 4.69) is 10.1 Å². The molecule has 0 spiro atoms. The fourth-order valence-electron chi connectivity index (χ4n) is 0.499. The third kappa shape index (κ3) is 7.42. The quantitative estimate of drug-likeness (QED) is 0.666. The Morgan fingerprint density at radius 3 is 3.00 bits per heavy atom. The molecule has 0 saturated carbocycles. The minimum atomic E-state index is -0.0850. The normalized spacial score (nSPS) is 10.4. The number of carbonyl (C=O) groups excluding carboxylic acids is 1. The summed E-state index contributed by atoms with van der Waals surface area (Å²) in [5.74, 6) is -0.0850. The maximum atomic E-state index is 10.7. The minimum Gasteiger partial charge on any atom is -0.375 e. The number of methoxy groups -OCH3 is 1. The van der Waals surface area contributed by atoms with Crippen molar-refractivity contribution in [1.29, 1.82) is 0 Å². The third-order valence-corrected chi connectivity index (χ3v) is 1.39. The van der Waals surface area contributed by atoms with Gasteiger partial charge in [0.2, 0.25) is 5.91 Å². The summed E-state index contributed by atoms with van der Waals surface area (Å²) in [4.78, 5) is 10.7. The Morgan fingerprint density at radius 2 is 2.45 bits per heavy atom. The second-order valence-corrected chi connectivity index (χ2v) is 2.59. The van der Waals surface area contributed by atoms with Crippen LogP contribution in [-0.2, 0) is 9.53 Å². The first-order valence-electron chi connectivity index (χ1n) is 3.24. The lowest BCUT2D eigenvalue weighted by atomic mass is 10.5. The molecule has 64 valence electrons. The lowest BCUT2D eigenvalue weighted by Gasteiger charge is -1.98. The molecular weight excluding hydrogens is 162 g/mol. The summed E-state index contributed by atoms with van der Waals surface area (Å²) in [6, 6.07) is 0. The van der Waals surface area contributed by atoms with E-state index in [9.17, 15) is 4.79 Å². The van der Waals surface area contributed by atoms with Crippen LogP contribution in [-0.4, -0.2) is 32.4 Å². The fraction of sp³-hybridized carbons (Fsp3) is 0.571. The summed E-state index contributed by atoms with van der Waals surface area (Å²) >= 11 is 1.60. The van der Waals surface area contributed by atoms with Crippen LogP contribution in [0, 0.1) is 0 Å². The van der Waals surface area contributed by atoms with E-state index in [1.807, 2.05) is 17.7 Å². The molecule has 0 bridgehead atoms. The van der Waals surface area contributed by atoms with E-state index < -0.39 is 0 Å². The van der Waals surface area contributed by atoms with Gasteiger partial charge in [-0.1, -0.05) is 6.08 Å². The molecular formula is C7H13NO2S. The summed E-state index contributed by atoms with van der Waals surface area (Å²) < 4.78 is 4.62. The van der Waals surface area contributed by atoms with Gasteiger partial charge in [-0.25, -0.2) is 0 Å². The van der Waals surface area contributed by atoms with Gasteiger partial charge in [-0.3, -0.25) is 4.79 Å². The monoisotopic (exact) mass is 175 g/mol. The summed E-state index contributed by atoms with van der Waals surface area (Å²) in [7, 11) is 1.50. The molecule has 0 atom stereocenters. The Kier molecular flexibility index (Phi) is 7.29. The van der Waals surface area contributed by atoms with Crippen molar-refractivity contribution in [2.45, 2.75) is 0 Å². The molecule has 0 aromatic heterocycles. The van der Waals surface area contributed by atoms with Gasteiger partial charge in [0.25, 0.3) is 0 Å². The van der Waals surface area contributed by atoms with Crippen LogP contribution >= 0.6 is 11.8 Å². The Morgan fingerprint density at radius 1 is 1.73 bits per heavy atom. The number of hydrogen-bond donors (Lipinski definition) is 1. The van der Waals surface area contributed by atoms with Gasteiger partial charge < -0.3 is 10.1 Å². The number of thioether (sulfide) groups is 1. The molecule has 0 aromatic carbocycles. The molecule has 3 nitrogen and oxygen atoms in total. The zero-order valence-electron chi connectivity index (χ0n) is 6.79. The molecule has 11 heavy (non-hydrogen) atoms. The summed E-state index contributed by atoms with van der Waals surface area (Å²) in [6.07, 6.45) is 3.85. The molecule has 1 N–H and O–H groups in total. The predicted octanol–water partition coefficient (Wildman–Crippen LogP) is 0.626. The third-order valence-electron chi connectivity index (χ3n) is 0.925. The number of rotatable bonds is 5. The Bertz CT molecular complexity index is 136. The maximum Gasteiger partial charge on any atom is 0.246 e. The fourth-order valence-corrected chi connectivity index (χ4v) is 0.788. The molecule has 0 unspecified atom stereocenters. The van der Waals surface area contributed by atoms with Crippen LogP contribution in [0.25, 0.3) is 0 Å². The van der Waals surface area contributed by atoms with Crippen LogP contribution in [0.3, 0.4) is 0 Å². The van der Waals surface area contributed by atoms with Crippen molar-refractivity contribution in [2.75, 3.05) is 26.5 Å². The van der Waals surface area contributed by atoms with Crippen LogP contribution in [0.4, 0.5) is 0 Å². The van der Waals surface area contributed by atoms with Crippen molar-refractivity contribution >= 4 is 17.7 Å². The number of hydrogen-bond acceptors (Lipinski definition) is 3. The van der Waals surface area contributed by atoms with Crippen molar-refractivity contribution in [3.63, 3.8) is 0 Å². The first kappa shape index (κ1) is 10.5. The SMILES string of the molecule is COCC(=O)NC/C=C/SC. The van der Waals surface area contributed by atoms with E-state index in [0.29, 0.717) is 6.54 Å². The highest BCUT2D eigenvalue weighted by Crippen LogP contribution is 1.90. The minimum absolute atomic E-state index is 0.0850. The molecule has 0 saturated heterocycles. The van der Waals surface area contributed by atoms with Crippen molar-refractivity contribution in [3.05, 3.63) is 11.5 Å². The molecule has 0 aromatic rings. The first-order valence-corrected chi connectivity index (χ1v) is 4.53. The van der Waals surface area contributed by atoms with Crippen molar-refractivity contribution in [2.24, 2.45) is 0 Å². The average molecular weight is 175 g/mol. The smallest absolute Gasteiger partial charge is 0.246 e. The van der Waals surface area contributed by atoms with Crippen LogP contribution in [0.1, 0.15) is 0 Å². The predicted molar refractivity (Wildman–Crippen MR) is 47.5 cm³/mol. The van der Waals surface area contributed by atoms with Crippen LogP contribution < -0.4 is 5.32 Å². The molecule has 0 aliphatic carbocycles. The second kappa shape index (κ2) is 7.63. The van der Waals surface area contributed by atoms with E-state index >= 15 is 0 Å². The van der Waals surface area contributed by atoms with Gasteiger partial charge in [-0.2, -0.15) is 0 Å². The molecule has 4 heteroatoms. The van der Waals surface area contributed by atoms with Gasteiger partial charge in [-0.15, -0.1) is 11.8 Å². The van der Waals surface area contributed by atoms with E-state index in [1.54, 1.807) is 11.8 Å². The number of amides is 1. The van der Waals surface area contributed by atoms with Crippen molar-refractivity contribution < 1.29 is 9.53 Å². The van der Waals surface area contributed by atoms with Crippen LogP contribution in [0.15, 0.2) is 11.5 Å². The largest absolute Gasteiger partial charge is 0.375 e. The zero-order chi connectivity index (χ0) is 8.53. The highest BCUT2D eigenvalue weighted by Gasteiger charge is 1.94. The number of nitrogens with one attached hydrogen (secondary N) is 1. The van der Waals surface area contributed by atoms with Gasteiger partial charge in [0.05, 0.1) is 0 Å². The molecule has 0 radical (unpaired) electrons. The van der Waals surface area contributed by atoms with Crippen LogP contribution in [0.2, 0.25) is 0 Å². The van der Waals surface area contributed by atoms with Gasteiger partial charge in [-0.05, 0) is 11.7 Å². The van der Waals surface area contributed by atoms with E-state index in [4.69, 9.17) is 0 Å². The Labute approximate surface area is 71.2 Å². The summed E-state index contributed by atoms with van der Waals surface area (Å²) in [6.45, 7) is 0.705. The van der Waals surface area contributed by atoms with E-state index in [1.165, 1.54) is 7.11 Å². The van der Waals surface area contributed by atoms with Crippen LogP contribution in [0.5, 0.6) is 0 Å². The van der Waals surface area contributed by atoms with E-state index in [0.717, 1.165) is 0 Å². The molecule has 0 aliphatic heterocycles. The van der Waals surface area contributed by atoms with Gasteiger partial charge in [0.15, 0.2) is 0 Å². The van der Waals surface area contributed by atoms with Gasteiger partial charge in [0, 0.05) is 13.7 Å². The highest BCUT2D eigenvalue weighted by atomic mass is 32.2. The van der Waals surface area contributed by atoms with Gasteiger partial charge >= 0.3 is 0 Å². The standard InChI is InChI=1S/C7H13NO2S/c1-10-6-7(9)8-4-3-5-11-2/h3,5H,4,6H2,1-2H3,(H,8,9)/b5-3+. The summed E-state index contributed by atoms with van der Waals surface area (Å²) in [5, 5.41) is 4.58. The second-order valence-electron chi connectivity index (χ2n) is 1.84. The topological polar surface area (TPSA) is 38.3 Å². The molecule has 0 fully saturated rings. The highest BCUT2D eigenvalue weighted by molar-refractivity contribution is 8.01. The van der Waals surface area contributed by atoms with Crippen molar-refractivity contribution in [1.82, 2.24) is 5.32 Å². The molecule has 0 heterocycles. The summed E-state index contributed by atoms with van der Waals surface area (Å²) in [5.41, 5.74) is 0. The molecule has 0 aliphatic rings. The number of carbonyl (C=O) groups is 1. The Hall–Kier alpha value is -0.480. The molecule has 1 amide bonds. The van der Waals surface area contributed by atoms with Gasteiger partial charge in [0.1, 0.15) is 6.61 Å². The lowest BCUT2D eigenvalue weighted by molar-refractivity contribution is -0.124. The van der Waals surface area contributed by atoms with Crippen molar-refractivity contribution in [3.8, 4) is 0 Å². The first-order chi connectivity index (χ1) is 5.31. The lowest BCUT2D eigenvalue weighted by Crippen LogP contribution is -2.26. The Balaban J connectivity index is 3.24. The zero-order valence-corrected chi connectivity index (χ0v) is 7.61.